The van der Waals surface area contributed by atoms with E-state index >= 15 is 0 Å². The minimum atomic E-state index is -2.35. The van der Waals surface area contributed by atoms with Crippen molar-refractivity contribution in [3.63, 3.8) is 0 Å². The third kappa shape index (κ3) is 6.33. The van der Waals surface area contributed by atoms with E-state index in [-0.39, 0.29) is 12.3 Å². The number of nitrogens with zero attached hydrogens (tertiary/aromatic N) is 2. The lowest BCUT2D eigenvalue weighted by Crippen LogP contribution is -2.43. The number of carbonyl (C=O) groups excluding carboxylic acids is 2. The van der Waals surface area contributed by atoms with E-state index in [1.54, 1.807) is 6.92 Å². The van der Waals surface area contributed by atoms with Crippen molar-refractivity contribution in [1.82, 2.24) is 10.5 Å². The molecule has 0 saturated carbocycles. The van der Waals surface area contributed by atoms with Crippen LogP contribution in [-0.2, 0) is 24.1 Å². The van der Waals surface area contributed by atoms with Gasteiger partial charge in [0.05, 0.1) is 12.3 Å². The van der Waals surface area contributed by atoms with Gasteiger partial charge >= 0.3 is 5.97 Å². The number of esters is 1. The number of carbonyl (C=O) groups is 2. The summed E-state index contributed by atoms with van der Waals surface area (Å²) in [7, 11) is -2.35. The number of amides is 1. The zero-order valence-corrected chi connectivity index (χ0v) is 14.6. The molecule has 0 radical (unpaired) electrons. The highest BCUT2D eigenvalue weighted by atomic mass is 32.2. The molecule has 0 saturated heterocycles. The van der Waals surface area contributed by atoms with Gasteiger partial charge in [-0.05, 0) is 32.9 Å². The Morgan fingerprint density at radius 3 is 2.61 bits per heavy atom. The van der Waals surface area contributed by atoms with Crippen molar-refractivity contribution in [3.05, 3.63) is 24.0 Å². The van der Waals surface area contributed by atoms with Crippen LogP contribution in [0.4, 0.5) is 5.69 Å². The molecular weight excluding hydrogens is 322 g/mol. The zero-order valence-electron chi connectivity index (χ0n) is 13.8. The standard InChI is InChI=1S/C14H21N3O5S/c1-6-21-13(19)14(2,3)22-16-12(18)11-9-10(7-8-15-11)17-23(4,5)20/h7-9H,6H2,1-5H3,(H,16,18). The molecule has 1 N–H and O–H groups in total. The van der Waals surface area contributed by atoms with Gasteiger partial charge in [-0.1, -0.05) is 0 Å². The molecule has 1 amide bonds. The minimum Gasteiger partial charge on any atom is -0.464 e. The molecule has 1 aromatic rings. The Balaban J connectivity index is 2.82. The number of ether oxygens (including phenoxy) is 1. The molecule has 0 atom stereocenters. The van der Waals surface area contributed by atoms with E-state index in [1.165, 1.54) is 44.7 Å². The zero-order chi connectivity index (χ0) is 17.7. The lowest BCUT2D eigenvalue weighted by molar-refractivity contribution is -0.173. The Morgan fingerprint density at radius 2 is 2.04 bits per heavy atom. The maximum Gasteiger partial charge on any atom is 0.340 e. The van der Waals surface area contributed by atoms with E-state index in [2.05, 4.69) is 14.8 Å². The predicted octanol–water partition coefficient (Wildman–Crippen LogP) is 1.44. The number of aromatic nitrogens is 1. The SMILES string of the molecule is CCOC(=O)C(C)(C)ONC(=O)c1cc(N=S(C)(C)=O)ccn1. The fourth-order valence-corrected chi connectivity index (χ4v) is 2.05. The summed E-state index contributed by atoms with van der Waals surface area (Å²) in [6.45, 7) is 4.81. The normalized spacial score (nSPS) is 11.7. The lowest BCUT2D eigenvalue weighted by Gasteiger charge is -2.22. The molecule has 128 valence electrons. The first kappa shape index (κ1) is 19.0. The molecule has 9 heteroatoms. The molecule has 0 aliphatic carbocycles. The molecule has 0 aromatic carbocycles. The maximum absolute atomic E-state index is 12.0. The van der Waals surface area contributed by atoms with Gasteiger partial charge < -0.3 is 4.74 Å². The van der Waals surface area contributed by atoms with Crippen molar-refractivity contribution >= 4 is 27.3 Å². The van der Waals surface area contributed by atoms with Crippen LogP contribution in [0.5, 0.6) is 0 Å². The van der Waals surface area contributed by atoms with E-state index in [0.717, 1.165) is 0 Å². The Morgan fingerprint density at radius 1 is 1.39 bits per heavy atom. The second kappa shape index (κ2) is 7.51. The van der Waals surface area contributed by atoms with Crippen LogP contribution in [0, 0.1) is 0 Å². The maximum atomic E-state index is 12.0. The van der Waals surface area contributed by atoms with Gasteiger partial charge in [0.1, 0.15) is 5.69 Å². The van der Waals surface area contributed by atoms with Crippen molar-refractivity contribution in [2.75, 3.05) is 19.1 Å². The number of nitrogens with one attached hydrogen (secondary N) is 1. The second-order valence-electron chi connectivity index (χ2n) is 5.44. The largest absolute Gasteiger partial charge is 0.464 e. The predicted molar refractivity (Wildman–Crippen MR) is 85.6 cm³/mol. The third-order valence-electron chi connectivity index (χ3n) is 2.47. The first-order valence-electron chi connectivity index (χ1n) is 6.84. The van der Waals surface area contributed by atoms with Crippen molar-refractivity contribution in [3.8, 4) is 0 Å². The van der Waals surface area contributed by atoms with Gasteiger partial charge in [-0.3, -0.25) is 14.6 Å². The highest BCUT2D eigenvalue weighted by molar-refractivity contribution is 7.92. The van der Waals surface area contributed by atoms with E-state index in [4.69, 9.17) is 9.57 Å². The molecule has 0 aliphatic rings. The van der Waals surface area contributed by atoms with Crippen LogP contribution in [0.25, 0.3) is 0 Å². The molecule has 1 aromatic heterocycles. The highest BCUT2D eigenvalue weighted by Gasteiger charge is 2.32. The summed E-state index contributed by atoms with van der Waals surface area (Å²) in [5.74, 6) is -1.26. The number of hydroxylamine groups is 1. The van der Waals surface area contributed by atoms with Crippen LogP contribution in [0.2, 0.25) is 0 Å². The molecule has 1 heterocycles. The van der Waals surface area contributed by atoms with Crippen LogP contribution in [0.3, 0.4) is 0 Å². The summed E-state index contributed by atoms with van der Waals surface area (Å²) in [6, 6.07) is 2.91. The van der Waals surface area contributed by atoms with E-state index < -0.39 is 27.2 Å². The van der Waals surface area contributed by atoms with Crippen LogP contribution in [-0.4, -0.2) is 45.8 Å². The molecular formula is C14H21N3O5S. The average molecular weight is 343 g/mol. The summed E-state index contributed by atoms with van der Waals surface area (Å²) in [6.07, 6.45) is 4.34. The van der Waals surface area contributed by atoms with Gasteiger partial charge in [0, 0.05) is 28.4 Å². The highest BCUT2D eigenvalue weighted by Crippen LogP contribution is 2.15. The van der Waals surface area contributed by atoms with Crippen molar-refractivity contribution < 1.29 is 23.4 Å². The van der Waals surface area contributed by atoms with Gasteiger partial charge in [0.15, 0.2) is 5.60 Å². The molecule has 1 rings (SSSR count). The third-order valence-corrected chi connectivity index (χ3v) is 3.12. The average Bonchev–Trinajstić information content (AvgIpc) is 2.43. The Kier molecular flexibility index (Phi) is 6.22. The van der Waals surface area contributed by atoms with Crippen molar-refractivity contribution in [2.24, 2.45) is 4.36 Å². The molecule has 23 heavy (non-hydrogen) atoms. The summed E-state index contributed by atoms with van der Waals surface area (Å²) in [4.78, 5) is 32.7. The summed E-state index contributed by atoms with van der Waals surface area (Å²) in [5.41, 5.74) is 1.20. The minimum absolute atomic E-state index is 0.0227. The van der Waals surface area contributed by atoms with Crippen LogP contribution in [0.1, 0.15) is 31.3 Å². The number of rotatable bonds is 6. The molecule has 0 unspecified atom stereocenters. The quantitative estimate of drug-likeness (QED) is 0.619. The van der Waals surface area contributed by atoms with Gasteiger partial charge in [-0.25, -0.2) is 14.5 Å². The van der Waals surface area contributed by atoms with Gasteiger partial charge in [0.25, 0.3) is 5.91 Å². The first-order valence-corrected chi connectivity index (χ1v) is 9.17. The molecule has 0 spiro atoms. The van der Waals surface area contributed by atoms with Crippen LogP contribution in [0.15, 0.2) is 22.7 Å². The first-order chi connectivity index (χ1) is 10.5. The van der Waals surface area contributed by atoms with Crippen LogP contribution >= 0.6 is 0 Å². The molecule has 0 aliphatic heterocycles. The Hall–Kier alpha value is -2.00. The van der Waals surface area contributed by atoms with Gasteiger partial charge in [0.2, 0.25) is 0 Å². The van der Waals surface area contributed by atoms with E-state index in [9.17, 15) is 13.8 Å². The lowest BCUT2D eigenvalue weighted by atomic mass is 10.1. The molecule has 8 nitrogen and oxygen atoms in total. The topological polar surface area (TPSA) is 107 Å². The van der Waals surface area contributed by atoms with Crippen molar-refractivity contribution in [1.29, 1.82) is 0 Å². The smallest absolute Gasteiger partial charge is 0.340 e. The van der Waals surface area contributed by atoms with Gasteiger partial charge in [-0.2, -0.15) is 4.36 Å². The fourth-order valence-electron chi connectivity index (χ4n) is 1.43. The van der Waals surface area contributed by atoms with Gasteiger partial charge in [-0.15, -0.1) is 0 Å². The monoisotopic (exact) mass is 343 g/mol. The Bertz CT molecular complexity index is 700. The number of hydrogen-bond acceptors (Lipinski definition) is 7. The summed E-state index contributed by atoms with van der Waals surface area (Å²) < 4.78 is 20.5. The Labute approximate surface area is 135 Å². The summed E-state index contributed by atoms with van der Waals surface area (Å²) in [5, 5.41) is 0. The van der Waals surface area contributed by atoms with Crippen LogP contribution < -0.4 is 5.48 Å². The molecule has 0 fully saturated rings. The number of pyridine rings is 1. The van der Waals surface area contributed by atoms with E-state index in [0.29, 0.717) is 5.69 Å². The van der Waals surface area contributed by atoms with E-state index in [1.807, 2.05) is 0 Å². The second-order valence-corrected chi connectivity index (χ2v) is 7.98. The summed E-state index contributed by atoms with van der Waals surface area (Å²) >= 11 is 0. The number of hydrogen-bond donors (Lipinski definition) is 1. The fraction of sp³-hybridized carbons (Fsp3) is 0.500. The molecule has 0 bridgehead atoms. The van der Waals surface area contributed by atoms with Crippen molar-refractivity contribution in [2.45, 2.75) is 26.4 Å².